The smallest absolute Gasteiger partial charge is 0.255 e. The summed E-state index contributed by atoms with van der Waals surface area (Å²) in [5.41, 5.74) is 0.573. The number of nitrogens with one attached hydrogen (secondary N) is 1. The lowest BCUT2D eigenvalue weighted by atomic mass is 10.1. The normalized spacial score (nSPS) is 19.5. The maximum atomic E-state index is 12.6. The number of para-hydroxylation sites is 1. The van der Waals surface area contributed by atoms with Crippen LogP contribution in [-0.2, 0) is 4.79 Å². The summed E-state index contributed by atoms with van der Waals surface area (Å²) >= 11 is 0. The Hall–Kier alpha value is -2.04. The summed E-state index contributed by atoms with van der Waals surface area (Å²) < 4.78 is 6.03. The molecule has 1 saturated heterocycles. The molecule has 1 aliphatic carbocycles. The molecule has 0 aromatic heterocycles. The Labute approximate surface area is 143 Å². The predicted octanol–water partition coefficient (Wildman–Crippen LogP) is 2.75. The molecule has 3 rings (SSSR count). The van der Waals surface area contributed by atoms with E-state index in [4.69, 9.17) is 4.74 Å². The maximum absolute atomic E-state index is 12.6. The van der Waals surface area contributed by atoms with Gasteiger partial charge < -0.3 is 15.0 Å². The highest BCUT2D eigenvalue weighted by Crippen LogP contribution is 2.26. The van der Waals surface area contributed by atoms with Crippen molar-refractivity contribution in [2.24, 2.45) is 0 Å². The van der Waals surface area contributed by atoms with Gasteiger partial charge in [-0.2, -0.15) is 0 Å². The molecule has 1 atom stereocenters. The van der Waals surface area contributed by atoms with Crippen LogP contribution in [-0.4, -0.2) is 41.9 Å². The first-order chi connectivity index (χ1) is 11.6. The fraction of sp³-hybridized carbons (Fsp3) is 0.579. The van der Waals surface area contributed by atoms with Crippen LogP contribution in [0.2, 0.25) is 0 Å². The van der Waals surface area contributed by atoms with Crippen LogP contribution in [0.5, 0.6) is 5.75 Å². The number of ether oxygens (including phenoxy) is 1. The van der Waals surface area contributed by atoms with Crippen molar-refractivity contribution in [3.05, 3.63) is 29.8 Å². The lowest BCUT2D eigenvalue weighted by Crippen LogP contribution is -2.42. The Morgan fingerprint density at radius 1 is 1.29 bits per heavy atom. The Kier molecular flexibility index (Phi) is 5.38. The number of carbonyl (C=O) groups is 2. The van der Waals surface area contributed by atoms with Gasteiger partial charge in [0.1, 0.15) is 5.75 Å². The van der Waals surface area contributed by atoms with Crippen LogP contribution < -0.4 is 10.1 Å². The average Bonchev–Trinajstić information content (AvgIpc) is 3.20. The molecule has 5 heteroatoms. The predicted molar refractivity (Wildman–Crippen MR) is 92.1 cm³/mol. The van der Waals surface area contributed by atoms with Crippen LogP contribution >= 0.6 is 0 Å². The molecule has 1 aliphatic heterocycles. The van der Waals surface area contributed by atoms with Gasteiger partial charge >= 0.3 is 0 Å². The van der Waals surface area contributed by atoms with E-state index in [1.165, 1.54) is 12.8 Å². The van der Waals surface area contributed by atoms with Gasteiger partial charge in [-0.1, -0.05) is 12.1 Å². The number of benzene rings is 1. The zero-order valence-corrected chi connectivity index (χ0v) is 14.3. The molecule has 2 aliphatic rings. The summed E-state index contributed by atoms with van der Waals surface area (Å²) in [5.74, 6) is 0.704. The van der Waals surface area contributed by atoms with E-state index in [-0.39, 0.29) is 24.0 Å². The zero-order chi connectivity index (χ0) is 16.9. The summed E-state index contributed by atoms with van der Waals surface area (Å²) in [6.45, 7) is 3.29. The van der Waals surface area contributed by atoms with Crippen molar-refractivity contribution < 1.29 is 14.3 Å². The second-order valence-corrected chi connectivity index (χ2v) is 6.84. The minimum atomic E-state index is -0.136. The zero-order valence-electron chi connectivity index (χ0n) is 14.3. The topological polar surface area (TPSA) is 58.6 Å². The van der Waals surface area contributed by atoms with Gasteiger partial charge in [-0.15, -0.1) is 0 Å². The van der Waals surface area contributed by atoms with Crippen molar-refractivity contribution in [2.75, 3.05) is 13.1 Å². The van der Waals surface area contributed by atoms with Gasteiger partial charge in [-0.3, -0.25) is 9.59 Å². The fourth-order valence-electron chi connectivity index (χ4n) is 3.52. The van der Waals surface area contributed by atoms with Crippen molar-refractivity contribution in [3.63, 3.8) is 0 Å². The minimum Gasteiger partial charge on any atom is -0.490 e. The van der Waals surface area contributed by atoms with Gasteiger partial charge in [0.15, 0.2) is 0 Å². The monoisotopic (exact) mass is 330 g/mol. The van der Waals surface area contributed by atoms with E-state index >= 15 is 0 Å². The van der Waals surface area contributed by atoms with Crippen LogP contribution in [0.4, 0.5) is 0 Å². The van der Waals surface area contributed by atoms with Gasteiger partial charge in [0.2, 0.25) is 5.91 Å². The second kappa shape index (κ2) is 7.69. The summed E-state index contributed by atoms with van der Waals surface area (Å²) in [6.07, 6.45) is 6.27. The third-order valence-corrected chi connectivity index (χ3v) is 4.77. The molecule has 1 N–H and O–H groups in total. The number of nitrogens with zero attached hydrogens (tertiary/aromatic N) is 1. The molecule has 1 aromatic rings. The highest BCUT2D eigenvalue weighted by atomic mass is 16.5. The van der Waals surface area contributed by atoms with Crippen LogP contribution in [0.25, 0.3) is 0 Å². The van der Waals surface area contributed by atoms with Crippen LogP contribution in [0.1, 0.15) is 55.8 Å². The third kappa shape index (κ3) is 4.08. The highest BCUT2D eigenvalue weighted by molar-refractivity contribution is 5.97. The molecule has 2 amide bonds. The van der Waals surface area contributed by atoms with Crippen molar-refractivity contribution in [1.29, 1.82) is 0 Å². The van der Waals surface area contributed by atoms with Gasteiger partial charge in [0, 0.05) is 25.6 Å². The molecular weight excluding hydrogens is 304 g/mol. The second-order valence-electron chi connectivity index (χ2n) is 6.84. The molecular formula is C19H26N2O3. The molecule has 1 aromatic carbocycles. The quantitative estimate of drug-likeness (QED) is 0.872. The summed E-state index contributed by atoms with van der Waals surface area (Å²) in [6, 6.07) is 7.33. The van der Waals surface area contributed by atoms with Gasteiger partial charge in [0.05, 0.1) is 11.7 Å². The maximum Gasteiger partial charge on any atom is 0.255 e. The van der Waals surface area contributed by atoms with Gasteiger partial charge in [-0.05, 0) is 51.2 Å². The molecule has 130 valence electrons. The Bertz CT molecular complexity index is 596. The first-order valence-electron chi connectivity index (χ1n) is 8.98. The largest absolute Gasteiger partial charge is 0.490 e. The standard InChI is InChI=1S/C19H26N2O3/c1-14(13-21-12-6-11-18(21)22)20-19(23)16-9-4-5-10-17(16)24-15-7-2-3-8-15/h4-5,9-10,14-15H,2-3,6-8,11-13H2,1H3,(H,20,23)/t14-/m1/s1. The van der Waals surface area contributed by atoms with Crippen LogP contribution in [0.3, 0.4) is 0 Å². The Morgan fingerprint density at radius 2 is 2.04 bits per heavy atom. The van der Waals surface area contributed by atoms with E-state index in [9.17, 15) is 9.59 Å². The number of carbonyl (C=O) groups excluding carboxylic acids is 2. The molecule has 0 bridgehead atoms. The van der Waals surface area contributed by atoms with E-state index < -0.39 is 0 Å². The molecule has 5 nitrogen and oxygen atoms in total. The molecule has 0 unspecified atom stereocenters. The summed E-state index contributed by atoms with van der Waals surface area (Å²) in [7, 11) is 0. The molecule has 0 spiro atoms. The lowest BCUT2D eigenvalue weighted by Gasteiger charge is -2.22. The first kappa shape index (κ1) is 16.8. The minimum absolute atomic E-state index is 0.0842. The molecule has 24 heavy (non-hydrogen) atoms. The number of hydrogen-bond acceptors (Lipinski definition) is 3. The average molecular weight is 330 g/mol. The molecule has 1 saturated carbocycles. The van der Waals surface area contributed by atoms with E-state index in [0.717, 1.165) is 25.8 Å². The van der Waals surface area contributed by atoms with Crippen molar-refractivity contribution in [3.8, 4) is 5.75 Å². The molecule has 1 heterocycles. The Morgan fingerprint density at radius 3 is 2.75 bits per heavy atom. The van der Waals surface area contributed by atoms with E-state index in [2.05, 4.69) is 5.32 Å². The number of amides is 2. The van der Waals surface area contributed by atoms with Gasteiger partial charge in [0.25, 0.3) is 5.91 Å². The van der Waals surface area contributed by atoms with Crippen molar-refractivity contribution in [1.82, 2.24) is 10.2 Å². The number of likely N-dealkylation sites (tertiary alicyclic amines) is 1. The van der Waals surface area contributed by atoms with Gasteiger partial charge in [-0.25, -0.2) is 0 Å². The summed E-state index contributed by atoms with van der Waals surface area (Å²) in [5, 5.41) is 3.00. The fourth-order valence-corrected chi connectivity index (χ4v) is 3.52. The molecule has 0 radical (unpaired) electrons. The van der Waals surface area contributed by atoms with Crippen molar-refractivity contribution >= 4 is 11.8 Å². The Balaban J connectivity index is 1.60. The van der Waals surface area contributed by atoms with Crippen molar-refractivity contribution in [2.45, 2.75) is 57.6 Å². The van der Waals surface area contributed by atoms with Crippen LogP contribution in [0, 0.1) is 0 Å². The number of rotatable bonds is 6. The molecule has 2 fully saturated rings. The third-order valence-electron chi connectivity index (χ3n) is 4.77. The van der Waals surface area contributed by atoms with Crippen LogP contribution in [0.15, 0.2) is 24.3 Å². The number of hydrogen-bond donors (Lipinski definition) is 1. The highest BCUT2D eigenvalue weighted by Gasteiger charge is 2.24. The summed E-state index contributed by atoms with van der Waals surface area (Å²) in [4.78, 5) is 26.1. The van der Waals surface area contributed by atoms with E-state index in [0.29, 0.717) is 24.3 Å². The first-order valence-corrected chi connectivity index (χ1v) is 8.98. The SMILES string of the molecule is C[C@H](CN1CCCC1=O)NC(=O)c1ccccc1OC1CCCC1. The van der Waals surface area contributed by atoms with E-state index in [1.54, 1.807) is 6.07 Å². The lowest BCUT2D eigenvalue weighted by molar-refractivity contribution is -0.127. The van der Waals surface area contributed by atoms with E-state index in [1.807, 2.05) is 30.0 Å².